The fourth-order valence-corrected chi connectivity index (χ4v) is 1.76. The molecule has 2 aromatic rings. The molecule has 0 saturated heterocycles. The molecule has 0 aliphatic rings. The molecule has 0 unspecified atom stereocenters. The Morgan fingerprint density at radius 1 is 1.14 bits per heavy atom. The van der Waals surface area contributed by atoms with E-state index in [2.05, 4.69) is 10.6 Å². The number of carbonyl (C=O) groups excluding carboxylic acids is 2. The van der Waals surface area contributed by atoms with Gasteiger partial charge in [0.15, 0.2) is 0 Å². The molecule has 0 saturated carbocycles. The third kappa shape index (κ3) is 4.45. The number of hydrogen-bond donors (Lipinski definition) is 2. The van der Waals surface area contributed by atoms with Crippen molar-refractivity contribution in [3.05, 3.63) is 59.8 Å². The zero-order valence-electron chi connectivity index (χ0n) is 11.3. The molecule has 2 rings (SSSR count). The molecular weight excluding hydrogens is 275 g/mol. The number of nitrogens with one attached hydrogen (secondary N) is 2. The van der Waals surface area contributed by atoms with Crippen molar-refractivity contribution in [3.63, 3.8) is 0 Å². The summed E-state index contributed by atoms with van der Waals surface area (Å²) in [5.74, 6) is -1.00. The van der Waals surface area contributed by atoms with E-state index in [9.17, 15) is 14.0 Å². The Hall–Kier alpha value is -2.63. The molecule has 6 heteroatoms. The number of amides is 2. The minimum atomic E-state index is -0.381. The minimum Gasteiger partial charge on any atom is -0.472 e. The van der Waals surface area contributed by atoms with Crippen LogP contribution < -0.4 is 10.6 Å². The third-order valence-electron chi connectivity index (χ3n) is 2.87. The highest BCUT2D eigenvalue weighted by Crippen LogP contribution is 2.06. The van der Waals surface area contributed by atoms with Crippen LogP contribution in [0, 0.1) is 5.82 Å². The molecule has 0 fully saturated rings. The first kappa shape index (κ1) is 14.8. The van der Waals surface area contributed by atoms with Gasteiger partial charge in [-0.15, -0.1) is 0 Å². The molecule has 2 amide bonds. The molecule has 110 valence electrons. The van der Waals surface area contributed by atoms with Crippen LogP contribution in [0.1, 0.15) is 15.9 Å². The van der Waals surface area contributed by atoms with Gasteiger partial charge in [0, 0.05) is 6.54 Å². The van der Waals surface area contributed by atoms with Crippen LogP contribution in [0.15, 0.2) is 47.3 Å². The Labute approximate surface area is 121 Å². The molecule has 0 spiro atoms. The third-order valence-corrected chi connectivity index (χ3v) is 2.87. The van der Waals surface area contributed by atoms with Crippen LogP contribution in [0.4, 0.5) is 4.39 Å². The van der Waals surface area contributed by atoms with Gasteiger partial charge in [0.2, 0.25) is 5.91 Å². The second kappa shape index (κ2) is 7.23. The molecule has 1 aromatic carbocycles. The van der Waals surface area contributed by atoms with E-state index >= 15 is 0 Å². The van der Waals surface area contributed by atoms with Crippen LogP contribution in [-0.4, -0.2) is 24.9 Å². The monoisotopic (exact) mass is 290 g/mol. The summed E-state index contributed by atoms with van der Waals surface area (Å²) in [7, 11) is 0. The number of hydrogen-bond acceptors (Lipinski definition) is 3. The van der Waals surface area contributed by atoms with Gasteiger partial charge in [-0.05, 0) is 24.1 Å². The Morgan fingerprint density at radius 2 is 1.95 bits per heavy atom. The van der Waals surface area contributed by atoms with Crippen molar-refractivity contribution in [1.29, 1.82) is 0 Å². The second-order valence-corrected chi connectivity index (χ2v) is 4.39. The average molecular weight is 290 g/mol. The molecule has 0 aliphatic heterocycles. The SMILES string of the molecule is O=C(CNC(=O)c1ccoc1)NCCc1ccccc1F. The number of carbonyl (C=O) groups is 2. The van der Waals surface area contributed by atoms with E-state index in [0.717, 1.165) is 0 Å². The quantitative estimate of drug-likeness (QED) is 0.847. The average Bonchev–Trinajstić information content (AvgIpc) is 3.01. The summed E-state index contributed by atoms with van der Waals surface area (Å²) in [6.45, 7) is 0.169. The lowest BCUT2D eigenvalue weighted by molar-refractivity contribution is -0.120. The van der Waals surface area contributed by atoms with Crippen LogP contribution in [0.3, 0.4) is 0 Å². The molecule has 0 radical (unpaired) electrons. The summed E-state index contributed by atoms with van der Waals surface area (Å²) in [5.41, 5.74) is 0.898. The van der Waals surface area contributed by atoms with E-state index < -0.39 is 0 Å². The summed E-state index contributed by atoms with van der Waals surface area (Å²) in [5, 5.41) is 5.08. The highest BCUT2D eigenvalue weighted by atomic mass is 19.1. The predicted molar refractivity (Wildman–Crippen MR) is 74.2 cm³/mol. The first-order valence-corrected chi connectivity index (χ1v) is 6.47. The van der Waals surface area contributed by atoms with Crippen molar-refractivity contribution in [2.75, 3.05) is 13.1 Å². The standard InChI is InChI=1S/C15H15FN2O3/c16-13-4-2-1-3-11(13)5-7-17-14(19)9-18-15(20)12-6-8-21-10-12/h1-4,6,8,10H,5,7,9H2,(H,17,19)(H,18,20). The normalized spacial score (nSPS) is 10.1. The molecule has 21 heavy (non-hydrogen) atoms. The summed E-state index contributed by atoms with van der Waals surface area (Å²) in [6, 6.07) is 7.91. The first-order valence-electron chi connectivity index (χ1n) is 6.47. The van der Waals surface area contributed by atoms with Gasteiger partial charge in [-0.2, -0.15) is 0 Å². The fourth-order valence-electron chi connectivity index (χ4n) is 1.76. The zero-order chi connectivity index (χ0) is 15.1. The maximum Gasteiger partial charge on any atom is 0.254 e. The second-order valence-electron chi connectivity index (χ2n) is 4.39. The van der Waals surface area contributed by atoms with Crippen molar-refractivity contribution in [1.82, 2.24) is 10.6 Å². The Morgan fingerprint density at radius 3 is 2.67 bits per heavy atom. The van der Waals surface area contributed by atoms with Crippen molar-refractivity contribution in [2.24, 2.45) is 0 Å². The first-order chi connectivity index (χ1) is 10.2. The summed E-state index contributed by atoms with van der Waals surface area (Å²) in [6.07, 6.45) is 3.07. The number of halogens is 1. The smallest absolute Gasteiger partial charge is 0.254 e. The van der Waals surface area contributed by atoms with Gasteiger partial charge in [-0.3, -0.25) is 9.59 Å². The summed E-state index contributed by atoms with van der Waals surface area (Å²) < 4.78 is 18.1. The van der Waals surface area contributed by atoms with Crippen LogP contribution >= 0.6 is 0 Å². The van der Waals surface area contributed by atoms with Crippen molar-refractivity contribution < 1.29 is 18.4 Å². The van der Waals surface area contributed by atoms with E-state index in [1.54, 1.807) is 18.2 Å². The lowest BCUT2D eigenvalue weighted by Gasteiger charge is -2.07. The van der Waals surface area contributed by atoms with Gasteiger partial charge < -0.3 is 15.1 Å². The maximum absolute atomic E-state index is 13.3. The molecule has 1 heterocycles. The van der Waals surface area contributed by atoms with Crippen LogP contribution in [0.25, 0.3) is 0 Å². The Kier molecular flexibility index (Phi) is 5.09. The Bertz CT molecular complexity index is 611. The molecular formula is C15H15FN2O3. The topological polar surface area (TPSA) is 71.3 Å². The number of furan rings is 1. The molecule has 2 N–H and O–H groups in total. The molecule has 0 atom stereocenters. The van der Waals surface area contributed by atoms with Crippen molar-refractivity contribution in [3.8, 4) is 0 Å². The van der Waals surface area contributed by atoms with Gasteiger partial charge in [-0.25, -0.2) is 4.39 Å². The van der Waals surface area contributed by atoms with E-state index in [1.165, 1.54) is 24.7 Å². The molecule has 1 aromatic heterocycles. The van der Waals surface area contributed by atoms with E-state index in [-0.39, 0.29) is 24.2 Å². The number of rotatable bonds is 6. The van der Waals surface area contributed by atoms with Crippen LogP contribution in [0.2, 0.25) is 0 Å². The van der Waals surface area contributed by atoms with Gasteiger partial charge in [0.05, 0.1) is 18.4 Å². The molecule has 0 aliphatic carbocycles. The molecule has 0 bridgehead atoms. The van der Waals surface area contributed by atoms with Crippen molar-refractivity contribution in [2.45, 2.75) is 6.42 Å². The van der Waals surface area contributed by atoms with Crippen LogP contribution in [0.5, 0.6) is 0 Å². The fraction of sp³-hybridized carbons (Fsp3) is 0.200. The number of benzene rings is 1. The van der Waals surface area contributed by atoms with E-state index in [0.29, 0.717) is 24.1 Å². The Balaban J connectivity index is 1.68. The lowest BCUT2D eigenvalue weighted by atomic mass is 10.1. The molecule has 5 nitrogen and oxygen atoms in total. The van der Waals surface area contributed by atoms with Gasteiger partial charge >= 0.3 is 0 Å². The van der Waals surface area contributed by atoms with Gasteiger partial charge in [0.25, 0.3) is 5.91 Å². The predicted octanol–water partition coefficient (Wildman–Crippen LogP) is 1.51. The summed E-state index contributed by atoms with van der Waals surface area (Å²) in [4.78, 5) is 23.1. The lowest BCUT2D eigenvalue weighted by Crippen LogP contribution is -2.37. The van der Waals surface area contributed by atoms with Crippen LogP contribution in [-0.2, 0) is 11.2 Å². The van der Waals surface area contributed by atoms with Gasteiger partial charge in [-0.1, -0.05) is 18.2 Å². The minimum absolute atomic E-state index is 0.138. The van der Waals surface area contributed by atoms with Crippen molar-refractivity contribution >= 4 is 11.8 Å². The summed E-state index contributed by atoms with van der Waals surface area (Å²) >= 11 is 0. The largest absolute Gasteiger partial charge is 0.472 e. The highest BCUT2D eigenvalue weighted by molar-refractivity contribution is 5.96. The highest BCUT2D eigenvalue weighted by Gasteiger charge is 2.08. The van der Waals surface area contributed by atoms with E-state index in [1.807, 2.05) is 0 Å². The zero-order valence-corrected chi connectivity index (χ0v) is 11.3. The van der Waals surface area contributed by atoms with E-state index in [4.69, 9.17) is 4.42 Å². The van der Waals surface area contributed by atoms with Gasteiger partial charge in [0.1, 0.15) is 12.1 Å². The maximum atomic E-state index is 13.3.